The molecule has 0 aromatic heterocycles. The molecule has 2 aromatic carbocycles. The zero-order chi connectivity index (χ0) is 23.6. The first-order valence-electron chi connectivity index (χ1n) is 11.1. The molecule has 0 heterocycles. The predicted octanol–water partition coefficient (Wildman–Crippen LogP) is 5.09. The third-order valence-corrected chi connectivity index (χ3v) is 6.28. The molecule has 7 heteroatoms. The Labute approximate surface area is 198 Å². The van der Waals surface area contributed by atoms with Crippen molar-refractivity contribution in [2.24, 2.45) is 11.8 Å². The summed E-state index contributed by atoms with van der Waals surface area (Å²) in [5.41, 5.74) is 0.463. The van der Waals surface area contributed by atoms with Crippen LogP contribution in [0.3, 0.4) is 0 Å². The van der Waals surface area contributed by atoms with Gasteiger partial charge in [0.25, 0.3) is 0 Å². The van der Waals surface area contributed by atoms with Crippen LogP contribution in [0.1, 0.15) is 42.5 Å². The molecule has 0 amide bonds. The molecule has 1 aliphatic rings. The number of aliphatic hydroxyl groups is 1. The zero-order valence-corrected chi connectivity index (χ0v) is 19.1. The number of esters is 1. The number of allylic oxidation sites excluding steroid dienone is 2. The Kier molecular flexibility index (Phi) is 9.34. The van der Waals surface area contributed by atoms with Gasteiger partial charge in [0, 0.05) is 23.8 Å². The van der Waals surface area contributed by atoms with E-state index in [0.29, 0.717) is 42.7 Å². The SMILES string of the molecule is O=C(O)CCC/C=C\C[C@@H]1C(COc2cccc(OC(=O)c3ccccc3)c2)[C@@H](O)C[C@H]1Cl. The van der Waals surface area contributed by atoms with Crippen molar-refractivity contribution in [2.75, 3.05) is 6.61 Å². The molecule has 0 bridgehead atoms. The van der Waals surface area contributed by atoms with Crippen LogP contribution in [0.15, 0.2) is 66.7 Å². The summed E-state index contributed by atoms with van der Waals surface area (Å²) in [5.74, 6) is -0.396. The van der Waals surface area contributed by atoms with Crippen molar-refractivity contribution in [1.82, 2.24) is 0 Å². The number of carboxylic acid groups (broad SMARTS) is 1. The van der Waals surface area contributed by atoms with Crippen molar-refractivity contribution in [3.63, 3.8) is 0 Å². The number of halogens is 1. The maximum atomic E-state index is 12.3. The first-order chi connectivity index (χ1) is 15.9. The number of carbonyl (C=O) groups is 2. The van der Waals surface area contributed by atoms with Crippen LogP contribution >= 0.6 is 11.6 Å². The van der Waals surface area contributed by atoms with Gasteiger partial charge in [0.15, 0.2) is 0 Å². The van der Waals surface area contributed by atoms with Crippen LogP contribution in [0.4, 0.5) is 0 Å². The lowest BCUT2D eigenvalue weighted by Crippen LogP contribution is -2.27. The molecule has 3 rings (SSSR count). The lowest BCUT2D eigenvalue weighted by atomic mass is 9.92. The second-order valence-electron chi connectivity index (χ2n) is 8.18. The maximum Gasteiger partial charge on any atom is 0.343 e. The summed E-state index contributed by atoms with van der Waals surface area (Å²) in [6, 6.07) is 15.6. The fourth-order valence-corrected chi connectivity index (χ4v) is 4.47. The molecular formula is C26H29ClO6. The number of benzene rings is 2. The highest BCUT2D eigenvalue weighted by Gasteiger charge is 2.41. The van der Waals surface area contributed by atoms with Gasteiger partial charge in [-0.3, -0.25) is 4.79 Å². The van der Waals surface area contributed by atoms with Crippen molar-refractivity contribution in [2.45, 2.75) is 43.6 Å². The zero-order valence-electron chi connectivity index (χ0n) is 18.3. The minimum atomic E-state index is -0.792. The van der Waals surface area contributed by atoms with Gasteiger partial charge in [-0.05, 0) is 55.9 Å². The number of hydrogen-bond acceptors (Lipinski definition) is 5. The van der Waals surface area contributed by atoms with E-state index in [1.807, 2.05) is 18.2 Å². The Hall–Kier alpha value is -2.83. The molecule has 2 aromatic rings. The fraction of sp³-hybridized carbons (Fsp3) is 0.385. The quantitative estimate of drug-likeness (QED) is 0.155. The number of carboxylic acids is 1. The van der Waals surface area contributed by atoms with Gasteiger partial charge >= 0.3 is 11.9 Å². The van der Waals surface area contributed by atoms with Crippen molar-refractivity contribution in [3.8, 4) is 11.5 Å². The van der Waals surface area contributed by atoms with Crippen LogP contribution < -0.4 is 9.47 Å². The first-order valence-corrected chi connectivity index (χ1v) is 11.6. The summed E-state index contributed by atoms with van der Waals surface area (Å²) >= 11 is 6.49. The molecule has 176 valence electrons. The van der Waals surface area contributed by atoms with E-state index >= 15 is 0 Å². The summed E-state index contributed by atoms with van der Waals surface area (Å²) in [6.45, 7) is 0.290. The highest BCUT2D eigenvalue weighted by molar-refractivity contribution is 6.21. The van der Waals surface area contributed by atoms with E-state index in [-0.39, 0.29) is 30.2 Å². The van der Waals surface area contributed by atoms with Crippen molar-refractivity contribution >= 4 is 23.5 Å². The molecule has 33 heavy (non-hydrogen) atoms. The molecule has 4 atom stereocenters. The first kappa shape index (κ1) is 24.8. The van der Waals surface area contributed by atoms with Crippen LogP contribution in [-0.4, -0.2) is 40.2 Å². The Bertz CT molecular complexity index is 945. The predicted molar refractivity (Wildman–Crippen MR) is 126 cm³/mol. The van der Waals surface area contributed by atoms with Gasteiger partial charge < -0.3 is 19.7 Å². The van der Waals surface area contributed by atoms with Gasteiger partial charge in [-0.15, -0.1) is 11.6 Å². The fourth-order valence-electron chi connectivity index (χ4n) is 3.99. The number of carbonyl (C=O) groups excluding carboxylic acids is 1. The topological polar surface area (TPSA) is 93.1 Å². The third kappa shape index (κ3) is 7.62. The molecule has 0 spiro atoms. The maximum absolute atomic E-state index is 12.3. The number of aliphatic hydroxyl groups excluding tert-OH is 1. The average molecular weight is 473 g/mol. The number of hydrogen-bond donors (Lipinski definition) is 2. The molecule has 1 saturated carbocycles. The number of rotatable bonds is 11. The monoisotopic (exact) mass is 472 g/mol. The summed E-state index contributed by atoms with van der Waals surface area (Å²) in [7, 11) is 0. The van der Waals surface area contributed by atoms with Gasteiger partial charge in [0.1, 0.15) is 11.5 Å². The van der Waals surface area contributed by atoms with Gasteiger partial charge in [-0.1, -0.05) is 36.4 Å². The van der Waals surface area contributed by atoms with Gasteiger partial charge in [-0.2, -0.15) is 0 Å². The average Bonchev–Trinajstić information content (AvgIpc) is 3.07. The number of alkyl halides is 1. The lowest BCUT2D eigenvalue weighted by Gasteiger charge is -2.22. The van der Waals surface area contributed by atoms with Crippen molar-refractivity contribution in [1.29, 1.82) is 0 Å². The van der Waals surface area contributed by atoms with E-state index in [0.717, 1.165) is 0 Å². The lowest BCUT2D eigenvalue weighted by molar-refractivity contribution is -0.137. The van der Waals surface area contributed by atoms with E-state index in [1.165, 1.54) is 0 Å². The van der Waals surface area contributed by atoms with Crippen molar-refractivity contribution in [3.05, 3.63) is 72.3 Å². The van der Waals surface area contributed by atoms with Crippen LogP contribution in [0.25, 0.3) is 0 Å². The Morgan fingerprint density at radius 2 is 1.79 bits per heavy atom. The smallest absolute Gasteiger partial charge is 0.343 e. The molecule has 6 nitrogen and oxygen atoms in total. The van der Waals surface area contributed by atoms with Crippen LogP contribution in [0.2, 0.25) is 0 Å². The van der Waals surface area contributed by atoms with Crippen molar-refractivity contribution < 1.29 is 29.3 Å². The van der Waals surface area contributed by atoms with E-state index < -0.39 is 18.0 Å². The summed E-state index contributed by atoms with van der Waals surface area (Å²) < 4.78 is 11.4. The normalized spacial score (nSPS) is 22.4. The highest BCUT2D eigenvalue weighted by Crippen LogP contribution is 2.39. The summed E-state index contributed by atoms with van der Waals surface area (Å²) in [5, 5.41) is 19.0. The molecule has 1 aliphatic carbocycles. The molecule has 0 aliphatic heterocycles. The highest BCUT2D eigenvalue weighted by atomic mass is 35.5. The second-order valence-corrected chi connectivity index (χ2v) is 8.74. The van der Waals surface area contributed by atoms with Gasteiger partial charge in [0.05, 0.1) is 18.3 Å². The van der Waals surface area contributed by atoms with E-state index in [1.54, 1.807) is 48.5 Å². The number of unbranched alkanes of at least 4 members (excludes halogenated alkanes) is 1. The van der Waals surface area contributed by atoms with Crippen LogP contribution in [-0.2, 0) is 4.79 Å². The second kappa shape index (κ2) is 12.4. The Morgan fingerprint density at radius 1 is 1.03 bits per heavy atom. The molecule has 0 saturated heterocycles. The third-order valence-electron chi connectivity index (χ3n) is 5.78. The molecule has 0 radical (unpaired) electrons. The summed E-state index contributed by atoms with van der Waals surface area (Å²) in [6.07, 6.45) is 6.07. The largest absolute Gasteiger partial charge is 0.493 e. The molecule has 1 unspecified atom stereocenters. The van der Waals surface area contributed by atoms with E-state index in [4.69, 9.17) is 26.2 Å². The minimum absolute atomic E-state index is 0.0523. The molecule has 2 N–H and O–H groups in total. The minimum Gasteiger partial charge on any atom is -0.493 e. The number of aliphatic carboxylic acids is 1. The Balaban J connectivity index is 1.54. The van der Waals surface area contributed by atoms with Gasteiger partial charge in [-0.25, -0.2) is 4.79 Å². The van der Waals surface area contributed by atoms with E-state index in [2.05, 4.69) is 0 Å². The summed E-state index contributed by atoms with van der Waals surface area (Å²) in [4.78, 5) is 22.9. The molecule has 1 fully saturated rings. The number of ether oxygens (including phenoxy) is 2. The van der Waals surface area contributed by atoms with E-state index in [9.17, 15) is 14.7 Å². The molecular weight excluding hydrogens is 444 g/mol. The van der Waals surface area contributed by atoms with Crippen LogP contribution in [0.5, 0.6) is 11.5 Å². The standard InChI is InChI=1S/C26H29ClO6/c27-23-16-24(28)22(21(23)13-6-1-2-7-14-25(29)30)17-32-19-11-8-12-20(15-19)33-26(31)18-9-4-3-5-10-18/h1,3-6,8-12,15,21-24,28H,2,7,13-14,16-17H2,(H,29,30)/b6-1-/t21-,22?,23-,24+/m1/s1. The Morgan fingerprint density at radius 3 is 2.55 bits per heavy atom. The van der Waals surface area contributed by atoms with Crippen LogP contribution in [0, 0.1) is 11.8 Å². The van der Waals surface area contributed by atoms with Gasteiger partial charge in [0.2, 0.25) is 0 Å².